The van der Waals surface area contributed by atoms with Crippen LogP contribution in [0.4, 0.5) is 4.79 Å². The maximum atomic E-state index is 12.6. The van der Waals surface area contributed by atoms with Crippen molar-refractivity contribution in [1.82, 2.24) is 14.9 Å². The van der Waals surface area contributed by atoms with E-state index in [-0.39, 0.29) is 18.1 Å². The number of benzene rings is 1. The molecule has 1 aliphatic heterocycles. The van der Waals surface area contributed by atoms with Gasteiger partial charge in [-0.25, -0.2) is 17.9 Å². The summed E-state index contributed by atoms with van der Waals surface area (Å²) in [5.74, 6) is 0.367. The Morgan fingerprint density at radius 3 is 2.67 bits per heavy atom. The van der Waals surface area contributed by atoms with E-state index in [1.165, 1.54) is 16.9 Å². The number of thiophene rings is 1. The predicted octanol–water partition coefficient (Wildman–Crippen LogP) is 2.44. The van der Waals surface area contributed by atoms with Gasteiger partial charge >= 0.3 is 6.03 Å². The van der Waals surface area contributed by atoms with E-state index in [4.69, 9.17) is 0 Å². The number of sulfonamides is 1. The first-order valence-corrected chi connectivity index (χ1v) is 11.5. The van der Waals surface area contributed by atoms with E-state index in [2.05, 4.69) is 10.0 Å². The number of carbonyl (C=O) groups excluding carboxylic acids is 1. The number of carbonyl (C=O) groups is 1. The maximum Gasteiger partial charge on any atom is 0.317 e. The molecule has 2 amide bonds. The molecular formula is C19H23N3O3S2. The normalized spacial score (nSPS) is 24.3. The first-order chi connectivity index (χ1) is 13.0. The number of hydrogen-bond acceptors (Lipinski definition) is 4. The van der Waals surface area contributed by atoms with Crippen LogP contribution in [0, 0.1) is 5.92 Å². The average Bonchev–Trinajstić information content (AvgIpc) is 3.39. The first kappa shape index (κ1) is 18.5. The summed E-state index contributed by atoms with van der Waals surface area (Å²) in [7, 11) is -3.51. The number of hydrogen-bond donors (Lipinski definition) is 2. The van der Waals surface area contributed by atoms with Crippen molar-refractivity contribution in [3.63, 3.8) is 0 Å². The second-order valence-electron chi connectivity index (χ2n) is 7.18. The Balaban J connectivity index is 1.34. The molecule has 3 atom stereocenters. The highest BCUT2D eigenvalue weighted by Gasteiger charge is 2.48. The zero-order valence-corrected chi connectivity index (χ0v) is 16.5. The Morgan fingerprint density at radius 1 is 1.15 bits per heavy atom. The fourth-order valence-electron chi connectivity index (χ4n) is 4.12. The lowest BCUT2D eigenvalue weighted by atomic mass is 10.1. The number of likely N-dealkylation sites (tertiary alicyclic amines) is 1. The van der Waals surface area contributed by atoms with E-state index in [0.29, 0.717) is 23.2 Å². The topological polar surface area (TPSA) is 78.5 Å². The van der Waals surface area contributed by atoms with Crippen molar-refractivity contribution in [2.24, 2.45) is 5.92 Å². The van der Waals surface area contributed by atoms with Crippen molar-refractivity contribution in [2.75, 3.05) is 13.1 Å². The molecule has 4 rings (SSSR count). The van der Waals surface area contributed by atoms with Crippen molar-refractivity contribution in [3.05, 3.63) is 53.4 Å². The lowest BCUT2D eigenvalue weighted by Gasteiger charge is -2.33. The highest BCUT2D eigenvalue weighted by molar-refractivity contribution is 7.91. The van der Waals surface area contributed by atoms with Crippen molar-refractivity contribution in [1.29, 1.82) is 0 Å². The molecule has 27 heavy (non-hydrogen) atoms. The highest BCUT2D eigenvalue weighted by atomic mass is 32.2. The van der Waals surface area contributed by atoms with Crippen LogP contribution < -0.4 is 10.0 Å². The third-order valence-corrected chi connectivity index (χ3v) is 8.23. The van der Waals surface area contributed by atoms with E-state index in [1.54, 1.807) is 22.4 Å². The van der Waals surface area contributed by atoms with Gasteiger partial charge < -0.3 is 10.2 Å². The number of fused-ring (bicyclic) bond motifs is 2. The van der Waals surface area contributed by atoms with Gasteiger partial charge in [-0.1, -0.05) is 36.4 Å². The van der Waals surface area contributed by atoms with Crippen LogP contribution >= 0.6 is 11.3 Å². The maximum absolute atomic E-state index is 12.6. The van der Waals surface area contributed by atoms with Crippen molar-refractivity contribution in [3.8, 4) is 0 Å². The molecule has 0 radical (unpaired) electrons. The Kier molecular flexibility index (Phi) is 5.21. The van der Waals surface area contributed by atoms with Crippen molar-refractivity contribution in [2.45, 2.75) is 35.6 Å². The Labute approximate surface area is 163 Å². The number of nitrogens with zero attached hydrogens (tertiary/aromatic N) is 1. The summed E-state index contributed by atoms with van der Waals surface area (Å²) >= 11 is 1.21. The van der Waals surface area contributed by atoms with Crippen LogP contribution in [0.25, 0.3) is 0 Å². The summed E-state index contributed by atoms with van der Waals surface area (Å²) in [6.45, 7) is 1.28. The number of rotatable bonds is 6. The second-order valence-corrected chi connectivity index (χ2v) is 10.1. The summed E-state index contributed by atoms with van der Waals surface area (Å²) in [6, 6.07) is 13.0. The van der Waals surface area contributed by atoms with Gasteiger partial charge in [-0.05, 0) is 42.2 Å². The molecule has 0 spiro atoms. The van der Waals surface area contributed by atoms with Gasteiger partial charge in [0.05, 0.1) is 6.04 Å². The number of piperidine rings is 1. The molecule has 2 aliphatic rings. The van der Waals surface area contributed by atoms with Gasteiger partial charge in [0.2, 0.25) is 10.0 Å². The largest absolute Gasteiger partial charge is 0.338 e. The summed E-state index contributed by atoms with van der Waals surface area (Å²) in [5.41, 5.74) is 1.18. The van der Waals surface area contributed by atoms with Crippen LogP contribution in [0.5, 0.6) is 0 Å². The summed E-state index contributed by atoms with van der Waals surface area (Å²) in [5, 5.41) is 4.73. The van der Waals surface area contributed by atoms with Crippen LogP contribution in [0.2, 0.25) is 0 Å². The van der Waals surface area contributed by atoms with Gasteiger partial charge in [0.15, 0.2) is 0 Å². The molecule has 1 aromatic heterocycles. The van der Waals surface area contributed by atoms with Crippen LogP contribution in [0.15, 0.2) is 52.1 Å². The lowest BCUT2D eigenvalue weighted by Crippen LogP contribution is -2.54. The van der Waals surface area contributed by atoms with E-state index in [9.17, 15) is 13.2 Å². The van der Waals surface area contributed by atoms with Crippen LogP contribution in [0.1, 0.15) is 18.4 Å². The predicted molar refractivity (Wildman–Crippen MR) is 105 cm³/mol. The van der Waals surface area contributed by atoms with Crippen molar-refractivity contribution < 1.29 is 13.2 Å². The molecule has 1 saturated carbocycles. The fourth-order valence-corrected chi connectivity index (χ4v) is 6.41. The smallest absolute Gasteiger partial charge is 0.317 e. The van der Waals surface area contributed by atoms with Gasteiger partial charge in [-0.3, -0.25) is 0 Å². The molecule has 3 unspecified atom stereocenters. The minimum Gasteiger partial charge on any atom is -0.338 e. The summed E-state index contributed by atoms with van der Waals surface area (Å²) < 4.78 is 28.2. The minimum absolute atomic E-state index is 0.0681. The molecular weight excluding hydrogens is 382 g/mol. The monoisotopic (exact) mass is 405 g/mol. The van der Waals surface area contributed by atoms with E-state index < -0.39 is 10.0 Å². The van der Waals surface area contributed by atoms with Crippen molar-refractivity contribution >= 4 is 27.4 Å². The Morgan fingerprint density at radius 2 is 1.96 bits per heavy atom. The van der Waals surface area contributed by atoms with Gasteiger partial charge in [-0.15, -0.1) is 11.3 Å². The Hall–Kier alpha value is -1.90. The molecule has 144 valence electrons. The number of amides is 2. The first-order valence-electron chi connectivity index (χ1n) is 9.17. The molecule has 1 aromatic carbocycles. The zero-order valence-electron chi connectivity index (χ0n) is 14.9. The molecule has 8 heteroatoms. The van der Waals surface area contributed by atoms with Gasteiger partial charge in [0.1, 0.15) is 4.21 Å². The van der Waals surface area contributed by atoms with E-state index in [0.717, 1.165) is 19.3 Å². The Bertz CT molecular complexity index is 884. The number of nitrogens with one attached hydrogen (secondary N) is 2. The number of urea groups is 1. The minimum atomic E-state index is -3.51. The van der Waals surface area contributed by atoms with Gasteiger partial charge in [0.25, 0.3) is 0 Å². The highest BCUT2D eigenvalue weighted by Crippen LogP contribution is 2.38. The summed E-state index contributed by atoms with van der Waals surface area (Å²) in [4.78, 5) is 14.4. The molecule has 2 heterocycles. The average molecular weight is 406 g/mol. The van der Waals surface area contributed by atoms with Gasteiger partial charge in [0, 0.05) is 19.1 Å². The third-order valence-electron chi connectivity index (χ3n) is 5.34. The molecule has 1 aliphatic carbocycles. The van der Waals surface area contributed by atoms with Crippen LogP contribution in [-0.2, 0) is 16.4 Å². The molecule has 1 saturated heterocycles. The molecule has 2 aromatic rings. The molecule has 2 fully saturated rings. The second kappa shape index (κ2) is 7.61. The third kappa shape index (κ3) is 4.02. The van der Waals surface area contributed by atoms with E-state index >= 15 is 0 Å². The molecule has 2 N–H and O–H groups in total. The summed E-state index contributed by atoms with van der Waals surface area (Å²) in [6.07, 6.45) is 2.44. The molecule has 2 bridgehead atoms. The lowest BCUT2D eigenvalue weighted by molar-refractivity contribution is 0.170. The molecule has 6 nitrogen and oxygen atoms in total. The van der Waals surface area contributed by atoms with Crippen LogP contribution in [-0.4, -0.2) is 44.5 Å². The SMILES string of the molecule is O=C(NCCc1ccccc1)N1CC2CC(NS(=O)(=O)c3cccs3)C1C2. The zero-order chi connectivity index (χ0) is 18.9. The quantitative estimate of drug-likeness (QED) is 0.775. The fraction of sp³-hybridized carbons (Fsp3) is 0.421. The standard InChI is InChI=1S/C19H23N3O3S2/c23-19(20-9-8-14-5-2-1-3-6-14)22-13-15-11-16(17(22)12-15)21-27(24,25)18-7-4-10-26-18/h1-7,10,15-17,21H,8-9,11-13H2,(H,20,23). The van der Waals surface area contributed by atoms with E-state index in [1.807, 2.05) is 30.3 Å². The van der Waals surface area contributed by atoms with Crippen LogP contribution in [0.3, 0.4) is 0 Å². The van der Waals surface area contributed by atoms with Gasteiger partial charge in [-0.2, -0.15) is 0 Å².